The zero-order chi connectivity index (χ0) is 8.43. The second kappa shape index (κ2) is 3.46. The fraction of sp³-hybridized carbons (Fsp3) is 1.00. The van der Waals surface area contributed by atoms with Crippen LogP contribution in [0.15, 0.2) is 0 Å². The Labute approximate surface area is 64.4 Å². The highest BCUT2D eigenvalue weighted by molar-refractivity contribution is 4.88. The molecular formula is C6H13NO4. The third kappa shape index (κ3) is 1.69. The van der Waals surface area contributed by atoms with E-state index in [2.05, 4.69) is 0 Å². The van der Waals surface area contributed by atoms with Gasteiger partial charge in [-0.05, 0) is 0 Å². The van der Waals surface area contributed by atoms with Gasteiger partial charge in [-0.2, -0.15) is 0 Å². The van der Waals surface area contributed by atoms with Gasteiger partial charge < -0.3 is 25.8 Å². The smallest absolute Gasteiger partial charge is 0.110 e. The van der Waals surface area contributed by atoms with Gasteiger partial charge in [0.15, 0.2) is 0 Å². The molecule has 0 spiro atoms. The first kappa shape index (κ1) is 8.89. The van der Waals surface area contributed by atoms with Gasteiger partial charge in [-0.25, -0.2) is 0 Å². The van der Waals surface area contributed by atoms with Crippen LogP contribution in [0.5, 0.6) is 0 Å². The zero-order valence-electron chi connectivity index (χ0n) is 6.05. The Bertz CT molecular complexity index is 130. The van der Waals surface area contributed by atoms with Crippen molar-refractivity contribution in [3.8, 4) is 0 Å². The summed E-state index contributed by atoms with van der Waals surface area (Å²) in [6, 6.07) is -0.562. The van der Waals surface area contributed by atoms with Crippen LogP contribution in [0.2, 0.25) is 0 Å². The lowest BCUT2D eigenvalue weighted by Crippen LogP contribution is -2.57. The van der Waals surface area contributed by atoms with Crippen LogP contribution in [-0.2, 0) is 4.74 Å². The van der Waals surface area contributed by atoms with Gasteiger partial charge >= 0.3 is 0 Å². The third-order valence-electron chi connectivity index (χ3n) is 1.85. The first-order chi connectivity index (χ1) is 5.16. The Kier molecular flexibility index (Phi) is 2.80. The van der Waals surface area contributed by atoms with Crippen molar-refractivity contribution >= 4 is 0 Å². The highest BCUT2D eigenvalue weighted by Gasteiger charge is 2.35. The molecule has 1 saturated heterocycles. The summed E-state index contributed by atoms with van der Waals surface area (Å²) in [6.45, 7) is -0.131. The van der Waals surface area contributed by atoms with Gasteiger partial charge in [-0.3, -0.25) is 0 Å². The van der Waals surface area contributed by atoms with Gasteiger partial charge in [-0.1, -0.05) is 0 Å². The predicted molar refractivity (Wildman–Crippen MR) is 36.8 cm³/mol. The minimum Gasteiger partial charge on any atom is -0.394 e. The normalized spacial score (nSPS) is 45.8. The summed E-state index contributed by atoms with van der Waals surface area (Å²) in [5.74, 6) is 0. The van der Waals surface area contributed by atoms with Crippen molar-refractivity contribution in [3.05, 3.63) is 0 Å². The quantitative estimate of drug-likeness (QED) is 0.340. The maximum Gasteiger partial charge on any atom is 0.110 e. The lowest BCUT2D eigenvalue weighted by Gasteiger charge is -2.34. The van der Waals surface area contributed by atoms with E-state index in [1.165, 1.54) is 0 Å². The first-order valence-electron chi connectivity index (χ1n) is 3.51. The summed E-state index contributed by atoms with van der Waals surface area (Å²) in [4.78, 5) is 0. The second-order valence-corrected chi connectivity index (χ2v) is 2.70. The van der Waals surface area contributed by atoms with Gasteiger partial charge in [0, 0.05) is 0 Å². The van der Waals surface area contributed by atoms with Gasteiger partial charge in [0.25, 0.3) is 0 Å². The van der Waals surface area contributed by atoms with E-state index in [0.29, 0.717) is 0 Å². The van der Waals surface area contributed by atoms with Gasteiger partial charge in [0.2, 0.25) is 0 Å². The largest absolute Gasteiger partial charge is 0.394 e. The Hall–Kier alpha value is -0.200. The van der Waals surface area contributed by atoms with Crippen LogP contribution in [0.1, 0.15) is 0 Å². The number of ether oxygens (including phenoxy) is 1. The average Bonchev–Trinajstić information content (AvgIpc) is 2.01. The summed E-state index contributed by atoms with van der Waals surface area (Å²) in [5.41, 5.74) is 5.37. The molecule has 0 aromatic rings. The van der Waals surface area contributed by atoms with Crippen LogP contribution < -0.4 is 5.73 Å². The summed E-state index contributed by atoms with van der Waals surface area (Å²) >= 11 is 0. The lowest BCUT2D eigenvalue weighted by atomic mass is 9.99. The van der Waals surface area contributed by atoms with E-state index in [4.69, 9.17) is 15.6 Å². The molecule has 1 aliphatic rings. The van der Waals surface area contributed by atoms with Crippen molar-refractivity contribution in [2.45, 2.75) is 24.4 Å². The summed E-state index contributed by atoms with van der Waals surface area (Å²) in [7, 11) is 0. The van der Waals surface area contributed by atoms with Crippen molar-refractivity contribution in [1.29, 1.82) is 0 Å². The minimum absolute atomic E-state index is 0.170. The zero-order valence-corrected chi connectivity index (χ0v) is 6.05. The fourth-order valence-corrected chi connectivity index (χ4v) is 1.07. The molecule has 66 valence electrons. The standard InChI is InChI=1S/C6H13NO4/c7-3-2-11-4(1-8)6(10)5(3)9/h3-6,8-10H,1-2,7H2/t3?,4?,5?,6-/m0/s1. The molecule has 11 heavy (non-hydrogen) atoms. The van der Waals surface area contributed by atoms with E-state index in [-0.39, 0.29) is 13.2 Å². The van der Waals surface area contributed by atoms with Crippen LogP contribution >= 0.6 is 0 Å². The van der Waals surface area contributed by atoms with Crippen LogP contribution in [0.25, 0.3) is 0 Å². The monoisotopic (exact) mass is 163 g/mol. The fourth-order valence-electron chi connectivity index (χ4n) is 1.07. The van der Waals surface area contributed by atoms with E-state index < -0.39 is 24.4 Å². The number of rotatable bonds is 1. The van der Waals surface area contributed by atoms with E-state index in [1.54, 1.807) is 0 Å². The van der Waals surface area contributed by atoms with Gasteiger partial charge in [0.1, 0.15) is 12.2 Å². The van der Waals surface area contributed by atoms with Gasteiger partial charge in [-0.15, -0.1) is 0 Å². The molecular weight excluding hydrogens is 150 g/mol. The maximum atomic E-state index is 9.19. The number of hydrogen-bond donors (Lipinski definition) is 4. The van der Waals surface area contributed by atoms with Crippen LogP contribution in [0.4, 0.5) is 0 Å². The third-order valence-corrected chi connectivity index (χ3v) is 1.85. The number of nitrogens with two attached hydrogens (primary N) is 1. The Morgan fingerprint density at radius 1 is 1.36 bits per heavy atom. The SMILES string of the molecule is NC1COC(CO)[C@H](O)C1O. The van der Waals surface area contributed by atoms with E-state index in [0.717, 1.165) is 0 Å². The first-order valence-corrected chi connectivity index (χ1v) is 3.51. The lowest BCUT2D eigenvalue weighted by molar-refractivity contribution is -0.156. The van der Waals surface area contributed by atoms with E-state index in [1.807, 2.05) is 0 Å². The van der Waals surface area contributed by atoms with Gasteiger partial charge in [0.05, 0.1) is 25.4 Å². The molecule has 4 atom stereocenters. The number of aliphatic hydroxyl groups is 3. The van der Waals surface area contributed by atoms with Crippen LogP contribution in [-0.4, -0.2) is 52.9 Å². The molecule has 3 unspecified atom stereocenters. The highest BCUT2D eigenvalue weighted by Crippen LogP contribution is 2.13. The Balaban J connectivity index is 2.52. The van der Waals surface area contributed by atoms with Crippen molar-refractivity contribution in [1.82, 2.24) is 0 Å². The molecule has 0 amide bonds. The van der Waals surface area contributed by atoms with E-state index in [9.17, 15) is 10.2 Å². The number of aliphatic hydroxyl groups excluding tert-OH is 3. The average molecular weight is 163 g/mol. The van der Waals surface area contributed by atoms with Crippen molar-refractivity contribution < 1.29 is 20.1 Å². The topological polar surface area (TPSA) is 95.9 Å². The molecule has 5 heteroatoms. The van der Waals surface area contributed by atoms with Crippen molar-refractivity contribution in [2.75, 3.05) is 13.2 Å². The molecule has 5 N–H and O–H groups in total. The molecule has 0 aromatic carbocycles. The molecule has 1 fully saturated rings. The summed E-state index contributed by atoms with van der Waals surface area (Å²) < 4.78 is 4.94. The molecule has 0 aliphatic carbocycles. The van der Waals surface area contributed by atoms with E-state index >= 15 is 0 Å². The Morgan fingerprint density at radius 3 is 2.55 bits per heavy atom. The Morgan fingerprint density at radius 2 is 2.00 bits per heavy atom. The minimum atomic E-state index is -1.08. The van der Waals surface area contributed by atoms with Crippen molar-refractivity contribution in [3.63, 3.8) is 0 Å². The molecule has 0 radical (unpaired) electrons. The molecule has 1 rings (SSSR count). The highest BCUT2D eigenvalue weighted by atomic mass is 16.5. The van der Waals surface area contributed by atoms with Crippen molar-refractivity contribution in [2.24, 2.45) is 5.73 Å². The van der Waals surface area contributed by atoms with Crippen LogP contribution in [0, 0.1) is 0 Å². The number of hydrogen-bond acceptors (Lipinski definition) is 5. The molecule has 0 aromatic heterocycles. The molecule has 1 aliphatic heterocycles. The predicted octanol–water partition coefficient (Wildman–Crippen LogP) is -2.57. The molecule has 0 saturated carbocycles. The summed E-state index contributed by atoms with van der Waals surface area (Å²) in [6.07, 6.45) is -2.78. The summed E-state index contributed by atoms with van der Waals surface area (Å²) in [5, 5.41) is 27.0. The van der Waals surface area contributed by atoms with Crippen LogP contribution in [0.3, 0.4) is 0 Å². The maximum absolute atomic E-state index is 9.19. The second-order valence-electron chi connectivity index (χ2n) is 2.70. The molecule has 5 nitrogen and oxygen atoms in total. The molecule has 0 bridgehead atoms. The molecule has 1 heterocycles.